The number of hydrogen-bond donors (Lipinski definition) is 1. The third kappa shape index (κ3) is 5.90. The smallest absolute Gasteiger partial charge is 0.234 e. The second kappa shape index (κ2) is 11.0. The molecule has 1 aliphatic heterocycles. The number of pyridine rings is 1. The van der Waals surface area contributed by atoms with Gasteiger partial charge in [-0.25, -0.2) is 13.8 Å². The van der Waals surface area contributed by atoms with Gasteiger partial charge in [0, 0.05) is 12.7 Å². The molecule has 7 heteroatoms. The summed E-state index contributed by atoms with van der Waals surface area (Å²) >= 11 is 0. The van der Waals surface area contributed by atoms with Gasteiger partial charge in [0.1, 0.15) is 11.6 Å². The van der Waals surface area contributed by atoms with E-state index in [1.807, 2.05) is 6.07 Å². The molecule has 0 aliphatic carbocycles. The van der Waals surface area contributed by atoms with Gasteiger partial charge in [0.05, 0.1) is 5.41 Å². The number of piperidine rings is 1. The van der Waals surface area contributed by atoms with Crippen molar-refractivity contribution >= 4 is 5.91 Å². The molecule has 2 heterocycles. The maximum atomic E-state index is 13.5. The number of nitrogens with zero attached hydrogens (tertiary/aromatic N) is 2. The van der Waals surface area contributed by atoms with Crippen molar-refractivity contribution in [2.24, 2.45) is 0 Å². The number of hydrogen-bond acceptors (Lipinski definition) is 3. The first-order chi connectivity index (χ1) is 16.9. The van der Waals surface area contributed by atoms with E-state index in [-0.39, 0.29) is 17.5 Å². The lowest BCUT2D eigenvalue weighted by Gasteiger charge is -2.32. The Balaban J connectivity index is 1.32. The molecular weight excluding hydrogens is 451 g/mol. The molecule has 3 aromatic rings. The average molecular weight is 482 g/mol. The first kappa shape index (κ1) is 24.9. The van der Waals surface area contributed by atoms with Crippen LogP contribution in [0.3, 0.4) is 0 Å². The summed E-state index contributed by atoms with van der Waals surface area (Å²) in [5, 5.41) is 3.03. The van der Waals surface area contributed by atoms with E-state index in [4.69, 9.17) is 0 Å². The molecule has 0 bridgehead atoms. The van der Waals surface area contributed by atoms with Gasteiger partial charge < -0.3 is 10.2 Å². The van der Waals surface area contributed by atoms with Crippen LogP contribution in [0.2, 0.25) is 0 Å². The lowest BCUT2D eigenvalue weighted by Crippen LogP contribution is -2.44. The van der Waals surface area contributed by atoms with Crippen molar-refractivity contribution < 1.29 is 18.0 Å². The van der Waals surface area contributed by atoms with E-state index >= 15 is 0 Å². The number of rotatable bonds is 8. The molecule has 0 atom stereocenters. The average Bonchev–Trinajstić information content (AvgIpc) is 2.88. The minimum absolute atomic E-state index is 0.210. The molecule has 2 aromatic carbocycles. The number of benzene rings is 2. The van der Waals surface area contributed by atoms with E-state index < -0.39 is 11.4 Å². The second-order valence-corrected chi connectivity index (χ2v) is 9.28. The van der Waals surface area contributed by atoms with Crippen molar-refractivity contribution in [1.82, 2.24) is 15.2 Å². The number of carbonyl (C=O) groups excluding carboxylic acids is 1. The second-order valence-electron chi connectivity index (χ2n) is 9.28. The molecule has 4 nitrogen and oxygen atoms in total. The molecule has 1 aromatic heterocycles. The Morgan fingerprint density at radius 1 is 0.943 bits per heavy atom. The molecule has 0 unspecified atom stereocenters. The highest BCUT2D eigenvalue weighted by Crippen LogP contribution is 2.33. The fraction of sp³-hybridized carbons (Fsp3) is 0.357. The van der Waals surface area contributed by atoms with Crippen LogP contribution >= 0.6 is 0 Å². The summed E-state index contributed by atoms with van der Waals surface area (Å²) in [6.45, 7) is 5.02. The highest BCUT2D eigenvalue weighted by atomic mass is 19.1. The standard InChI is InChI=1S/C28H30F3N3O/c1-28(22-4-8-24(29)9-5-22,23-6-10-25(30)11-7-23)27(35)32-15-2-16-34-17-13-20(14-18-34)21-3-12-26(31)33-19-21/h3-12,19-20H,2,13-18H2,1H3,(H,32,35). The molecule has 1 fully saturated rings. The topological polar surface area (TPSA) is 45.2 Å². The van der Waals surface area contributed by atoms with Crippen LogP contribution in [0.25, 0.3) is 0 Å². The van der Waals surface area contributed by atoms with Crippen LogP contribution in [0.4, 0.5) is 13.2 Å². The van der Waals surface area contributed by atoms with Gasteiger partial charge in [-0.2, -0.15) is 4.39 Å². The molecule has 0 radical (unpaired) electrons. The Labute approximate surface area is 204 Å². The van der Waals surface area contributed by atoms with Crippen molar-refractivity contribution in [2.45, 2.75) is 37.5 Å². The van der Waals surface area contributed by atoms with Gasteiger partial charge in [0.25, 0.3) is 0 Å². The maximum Gasteiger partial charge on any atom is 0.234 e. The van der Waals surface area contributed by atoms with Crippen molar-refractivity contribution in [3.8, 4) is 0 Å². The predicted octanol–water partition coefficient (Wildman–Crippen LogP) is 5.19. The van der Waals surface area contributed by atoms with Crippen LogP contribution in [0.15, 0.2) is 66.9 Å². The minimum atomic E-state index is -1.08. The Bertz CT molecular complexity index is 1060. The molecule has 0 spiro atoms. The summed E-state index contributed by atoms with van der Waals surface area (Å²) in [6, 6.07) is 14.9. The summed E-state index contributed by atoms with van der Waals surface area (Å²) in [6.07, 6.45) is 4.40. The highest BCUT2D eigenvalue weighted by Gasteiger charge is 2.37. The number of halogens is 3. The van der Waals surface area contributed by atoms with Crippen molar-refractivity contribution in [3.05, 3.63) is 101 Å². The fourth-order valence-electron chi connectivity index (χ4n) is 4.80. The highest BCUT2D eigenvalue weighted by molar-refractivity contribution is 5.91. The van der Waals surface area contributed by atoms with Crippen LogP contribution in [0.5, 0.6) is 0 Å². The molecule has 1 amide bonds. The zero-order valence-corrected chi connectivity index (χ0v) is 19.8. The molecular formula is C28H30F3N3O. The molecule has 35 heavy (non-hydrogen) atoms. The third-order valence-corrected chi connectivity index (χ3v) is 7.04. The molecule has 1 saturated heterocycles. The van der Waals surface area contributed by atoms with Crippen LogP contribution in [-0.4, -0.2) is 42.0 Å². The third-order valence-electron chi connectivity index (χ3n) is 7.04. The molecule has 0 saturated carbocycles. The number of likely N-dealkylation sites (tertiary alicyclic amines) is 1. The lowest BCUT2D eigenvalue weighted by molar-refractivity contribution is -0.124. The van der Waals surface area contributed by atoms with Gasteiger partial charge in [-0.15, -0.1) is 0 Å². The van der Waals surface area contributed by atoms with Crippen LogP contribution in [0, 0.1) is 17.6 Å². The Kier molecular flexibility index (Phi) is 7.86. The van der Waals surface area contributed by atoms with E-state index in [1.54, 1.807) is 37.4 Å². The Morgan fingerprint density at radius 2 is 1.51 bits per heavy atom. The summed E-state index contributed by atoms with van der Waals surface area (Å²) < 4.78 is 40.1. The monoisotopic (exact) mass is 481 g/mol. The van der Waals surface area contributed by atoms with Gasteiger partial charge in [-0.1, -0.05) is 30.3 Å². The van der Waals surface area contributed by atoms with Crippen LogP contribution < -0.4 is 5.32 Å². The minimum Gasteiger partial charge on any atom is -0.355 e. The summed E-state index contributed by atoms with van der Waals surface area (Å²) in [5.74, 6) is -1.03. The number of amides is 1. The van der Waals surface area contributed by atoms with Crippen LogP contribution in [0.1, 0.15) is 48.8 Å². The fourth-order valence-corrected chi connectivity index (χ4v) is 4.80. The van der Waals surface area contributed by atoms with Gasteiger partial charge >= 0.3 is 0 Å². The van der Waals surface area contributed by atoms with Gasteiger partial charge in [0.15, 0.2) is 0 Å². The van der Waals surface area contributed by atoms with E-state index in [2.05, 4.69) is 15.2 Å². The first-order valence-electron chi connectivity index (χ1n) is 12.0. The predicted molar refractivity (Wildman–Crippen MR) is 129 cm³/mol. The lowest BCUT2D eigenvalue weighted by atomic mass is 9.75. The molecule has 184 valence electrons. The molecule has 1 N–H and O–H groups in total. The van der Waals surface area contributed by atoms with E-state index in [9.17, 15) is 18.0 Å². The summed E-state index contributed by atoms with van der Waals surface area (Å²) in [4.78, 5) is 19.5. The quantitative estimate of drug-likeness (QED) is 0.356. The summed E-state index contributed by atoms with van der Waals surface area (Å²) in [7, 11) is 0. The zero-order valence-electron chi connectivity index (χ0n) is 19.8. The number of aromatic nitrogens is 1. The SMILES string of the molecule is CC(C(=O)NCCCN1CCC(c2ccc(F)nc2)CC1)(c1ccc(F)cc1)c1ccc(F)cc1. The molecule has 1 aliphatic rings. The van der Waals surface area contributed by atoms with E-state index in [1.165, 1.54) is 30.3 Å². The van der Waals surface area contributed by atoms with Gasteiger partial charge in [-0.3, -0.25) is 4.79 Å². The van der Waals surface area contributed by atoms with Crippen LogP contribution in [-0.2, 0) is 10.2 Å². The van der Waals surface area contributed by atoms with Crippen molar-refractivity contribution in [1.29, 1.82) is 0 Å². The van der Waals surface area contributed by atoms with Crippen molar-refractivity contribution in [2.75, 3.05) is 26.2 Å². The Morgan fingerprint density at radius 3 is 2.03 bits per heavy atom. The zero-order chi connectivity index (χ0) is 24.8. The first-order valence-corrected chi connectivity index (χ1v) is 12.0. The van der Waals surface area contributed by atoms with Crippen molar-refractivity contribution in [3.63, 3.8) is 0 Å². The molecule has 4 rings (SSSR count). The van der Waals surface area contributed by atoms with E-state index in [0.717, 1.165) is 44.5 Å². The summed E-state index contributed by atoms with van der Waals surface area (Å²) in [5.41, 5.74) is 1.28. The maximum absolute atomic E-state index is 13.5. The van der Waals surface area contributed by atoms with Gasteiger partial charge in [0.2, 0.25) is 11.9 Å². The van der Waals surface area contributed by atoms with E-state index in [0.29, 0.717) is 23.6 Å². The largest absolute Gasteiger partial charge is 0.355 e. The number of nitrogens with one attached hydrogen (secondary N) is 1. The van der Waals surface area contributed by atoms with Gasteiger partial charge in [-0.05, 0) is 98.8 Å². The Hall–Kier alpha value is -3.19. The number of carbonyl (C=O) groups is 1. The normalized spacial score (nSPS) is 15.2.